The fourth-order valence-corrected chi connectivity index (χ4v) is 4.66. The molecule has 1 unspecified atom stereocenters. The van der Waals surface area contributed by atoms with Gasteiger partial charge in [-0.25, -0.2) is 0 Å². The molecule has 138 valence electrons. The summed E-state index contributed by atoms with van der Waals surface area (Å²) in [5.74, 6) is 0.934. The van der Waals surface area contributed by atoms with E-state index in [9.17, 15) is 0 Å². The number of ether oxygens (including phenoxy) is 1. The molecule has 0 N–H and O–H groups in total. The summed E-state index contributed by atoms with van der Waals surface area (Å²) >= 11 is 0. The Labute approximate surface area is 162 Å². The van der Waals surface area contributed by atoms with Crippen LogP contribution in [-0.4, -0.2) is 12.8 Å². The molecule has 1 atom stereocenters. The lowest BCUT2D eigenvalue weighted by Gasteiger charge is -2.44. The van der Waals surface area contributed by atoms with Crippen LogP contribution < -0.4 is 9.64 Å². The van der Waals surface area contributed by atoms with Crippen LogP contribution in [0.15, 0.2) is 73.3 Å². The van der Waals surface area contributed by atoms with Crippen LogP contribution in [0.5, 0.6) is 5.75 Å². The number of benzene rings is 3. The van der Waals surface area contributed by atoms with Crippen molar-refractivity contribution in [1.29, 1.82) is 0 Å². The van der Waals surface area contributed by atoms with E-state index in [1.165, 1.54) is 27.6 Å². The third-order valence-electron chi connectivity index (χ3n) is 6.23. The van der Waals surface area contributed by atoms with Crippen LogP contribution in [0.3, 0.4) is 0 Å². The smallest absolute Gasteiger partial charge is 0.211 e. The minimum absolute atomic E-state index is 0.239. The van der Waals surface area contributed by atoms with Crippen molar-refractivity contribution < 1.29 is 4.74 Å². The van der Waals surface area contributed by atoms with Crippen molar-refractivity contribution in [1.82, 2.24) is 0 Å². The fourth-order valence-electron chi connectivity index (χ4n) is 4.66. The van der Waals surface area contributed by atoms with E-state index in [0.717, 1.165) is 12.2 Å². The lowest BCUT2D eigenvalue weighted by Crippen LogP contribution is -2.57. The molecule has 3 aromatic carbocycles. The highest BCUT2D eigenvalue weighted by Gasteiger charge is 2.56. The van der Waals surface area contributed by atoms with Crippen molar-refractivity contribution in [3.05, 3.63) is 84.4 Å². The summed E-state index contributed by atoms with van der Waals surface area (Å²) in [6, 6.07) is 21.3. The van der Waals surface area contributed by atoms with E-state index in [-0.39, 0.29) is 5.41 Å². The van der Waals surface area contributed by atoms with Gasteiger partial charge in [0.2, 0.25) is 5.72 Å². The molecule has 0 amide bonds. The molecule has 3 aromatic rings. The maximum atomic E-state index is 6.86. The number of hydrogen-bond donors (Lipinski definition) is 0. The molecule has 0 saturated carbocycles. The average Bonchev–Trinajstić information content (AvgIpc) is 2.86. The molecule has 1 heterocycles. The topological polar surface area (TPSA) is 12.5 Å². The third kappa shape index (κ3) is 2.32. The molecule has 0 spiro atoms. The lowest BCUT2D eigenvalue weighted by atomic mass is 9.77. The molecule has 2 nitrogen and oxygen atoms in total. The van der Waals surface area contributed by atoms with Gasteiger partial charge in [-0.1, -0.05) is 62.0 Å². The first-order valence-corrected chi connectivity index (χ1v) is 9.63. The molecule has 2 heteroatoms. The Bertz CT molecular complexity index is 1020. The fraction of sp³-hybridized carbons (Fsp3) is 0.280. The summed E-state index contributed by atoms with van der Waals surface area (Å²) in [5, 5.41) is 2.50. The highest BCUT2D eigenvalue weighted by Crippen LogP contribution is 2.52. The van der Waals surface area contributed by atoms with Gasteiger partial charge in [0, 0.05) is 18.3 Å². The zero-order valence-electron chi connectivity index (χ0n) is 16.6. The van der Waals surface area contributed by atoms with E-state index >= 15 is 0 Å². The maximum Gasteiger partial charge on any atom is 0.211 e. The number of nitrogens with zero attached hydrogens (tertiary/aromatic N) is 1. The molecule has 4 rings (SSSR count). The summed E-state index contributed by atoms with van der Waals surface area (Å²) in [6.07, 6.45) is 2.88. The van der Waals surface area contributed by atoms with Crippen molar-refractivity contribution in [2.75, 3.05) is 11.9 Å². The number of anilines is 1. The van der Waals surface area contributed by atoms with E-state index in [1.54, 1.807) is 0 Å². The Morgan fingerprint density at radius 2 is 1.70 bits per heavy atom. The van der Waals surface area contributed by atoms with Gasteiger partial charge in [-0.05, 0) is 54.8 Å². The van der Waals surface area contributed by atoms with Gasteiger partial charge in [0.05, 0.1) is 5.41 Å². The van der Waals surface area contributed by atoms with Crippen molar-refractivity contribution >= 4 is 16.5 Å². The average molecular weight is 357 g/mol. The Balaban J connectivity index is 1.89. The van der Waals surface area contributed by atoms with Crippen molar-refractivity contribution in [2.24, 2.45) is 0 Å². The van der Waals surface area contributed by atoms with Gasteiger partial charge in [0.15, 0.2) is 0 Å². The lowest BCUT2D eigenvalue weighted by molar-refractivity contribution is 0.0599. The molecule has 0 bridgehead atoms. The zero-order valence-corrected chi connectivity index (χ0v) is 16.6. The van der Waals surface area contributed by atoms with Gasteiger partial charge in [-0.15, -0.1) is 0 Å². The number of para-hydroxylation sites is 1. The van der Waals surface area contributed by atoms with E-state index in [4.69, 9.17) is 4.74 Å². The molecule has 0 saturated heterocycles. The summed E-state index contributed by atoms with van der Waals surface area (Å²) in [5.41, 5.74) is 2.83. The molecule has 0 fully saturated rings. The minimum atomic E-state index is -0.650. The first-order valence-electron chi connectivity index (χ1n) is 9.63. The molecule has 0 aromatic heterocycles. The second-order valence-corrected chi connectivity index (χ2v) is 7.82. The van der Waals surface area contributed by atoms with E-state index in [1.807, 2.05) is 6.08 Å². The Morgan fingerprint density at radius 3 is 2.41 bits per heavy atom. The number of hydrogen-bond acceptors (Lipinski definition) is 2. The van der Waals surface area contributed by atoms with Gasteiger partial charge in [0.25, 0.3) is 0 Å². The number of rotatable bonds is 4. The SMILES string of the molecule is C=CC1(Oc2ccc3ccccc3c2CC)N(C)c2ccccc2C1(C)C. The number of aryl methyl sites for hydroxylation is 1. The molecule has 0 radical (unpaired) electrons. The summed E-state index contributed by atoms with van der Waals surface area (Å²) in [7, 11) is 2.10. The third-order valence-corrected chi connectivity index (χ3v) is 6.23. The number of likely N-dealkylation sites (N-methyl/N-ethyl adjacent to an activating group) is 1. The standard InChI is InChI=1S/C25H27NO/c1-6-19-20-13-9-8-12-18(20)16-17-23(19)27-25(7-2)24(3,4)21-14-10-11-15-22(21)26(25)5/h7-17H,2,6H2,1,3-5H3. The van der Waals surface area contributed by atoms with Crippen LogP contribution in [0.2, 0.25) is 0 Å². The monoisotopic (exact) mass is 357 g/mol. The molecular formula is C25H27NO. The van der Waals surface area contributed by atoms with E-state index in [2.05, 4.69) is 100.0 Å². The largest absolute Gasteiger partial charge is 0.463 e. The predicted molar refractivity (Wildman–Crippen MR) is 115 cm³/mol. The highest BCUT2D eigenvalue weighted by atomic mass is 16.5. The second kappa shape index (κ2) is 6.16. The first-order chi connectivity index (χ1) is 13.0. The molecule has 1 aliphatic rings. The molecule has 1 aliphatic heterocycles. The van der Waals surface area contributed by atoms with Gasteiger partial charge >= 0.3 is 0 Å². The van der Waals surface area contributed by atoms with Crippen LogP contribution in [0.25, 0.3) is 10.8 Å². The van der Waals surface area contributed by atoms with Crippen LogP contribution in [0.4, 0.5) is 5.69 Å². The Morgan fingerprint density at radius 1 is 1.00 bits per heavy atom. The molecular weight excluding hydrogens is 330 g/mol. The van der Waals surface area contributed by atoms with Crippen LogP contribution >= 0.6 is 0 Å². The minimum Gasteiger partial charge on any atom is -0.463 e. The van der Waals surface area contributed by atoms with Crippen molar-refractivity contribution in [2.45, 2.75) is 38.3 Å². The van der Waals surface area contributed by atoms with E-state index < -0.39 is 5.72 Å². The first kappa shape index (κ1) is 17.7. The number of fused-ring (bicyclic) bond motifs is 2. The van der Waals surface area contributed by atoms with Crippen molar-refractivity contribution in [3.8, 4) is 5.75 Å². The van der Waals surface area contributed by atoms with Gasteiger partial charge < -0.3 is 9.64 Å². The summed E-state index contributed by atoms with van der Waals surface area (Å²) in [6.45, 7) is 10.9. The van der Waals surface area contributed by atoms with Crippen LogP contribution in [0, 0.1) is 0 Å². The van der Waals surface area contributed by atoms with Gasteiger partial charge in [-0.3, -0.25) is 0 Å². The van der Waals surface area contributed by atoms with Crippen molar-refractivity contribution in [3.63, 3.8) is 0 Å². The molecule has 27 heavy (non-hydrogen) atoms. The summed E-state index contributed by atoms with van der Waals surface area (Å²) < 4.78 is 6.86. The van der Waals surface area contributed by atoms with Crippen LogP contribution in [-0.2, 0) is 11.8 Å². The zero-order chi connectivity index (χ0) is 19.2. The highest BCUT2D eigenvalue weighted by molar-refractivity contribution is 5.87. The maximum absolute atomic E-state index is 6.86. The molecule has 0 aliphatic carbocycles. The Kier molecular flexibility index (Phi) is 4.03. The normalized spacial score (nSPS) is 20.5. The van der Waals surface area contributed by atoms with E-state index in [0.29, 0.717) is 0 Å². The van der Waals surface area contributed by atoms with Gasteiger partial charge in [-0.2, -0.15) is 0 Å². The Hall–Kier alpha value is -2.74. The quantitative estimate of drug-likeness (QED) is 0.524. The summed E-state index contributed by atoms with van der Waals surface area (Å²) in [4.78, 5) is 2.23. The predicted octanol–water partition coefficient (Wildman–Crippen LogP) is 6.09. The van der Waals surface area contributed by atoms with Crippen LogP contribution in [0.1, 0.15) is 31.9 Å². The second-order valence-electron chi connectivity index (χ2n) is 7.82. The van der Waals surface area contributed by atoms with Gasteiger partial charge in [0.1, 0.15) is 5.75 Å².